The maximum atomic E-state index is 10.7. The van der Waals surface area contributed by atoms with E-state index in [1.165, 1.54) is 18.6 Å². The van der Waals surface area contributed by atoms with E-state index in [2.05, 4.69) is 34.1 Å². The Morgan fingerprint density at radius 1 is 1.10 bits per heavy atom. The van der Waals surface area contributed by atoms with Crippen molar-refractivity contribution in [2.75, 3.05) is 14.2 Å². The molecule has 2 aromatic carbocycles. The number of benzene rings is 2. The lowest BCUT2D eigenvalue weighted by molar-refractivity contribution is -0.122. The van der Waals surface area contributed by atoms with E-state index in [-0.39, 0.29) is 5.91 Å². The number of hydrogen-bond acceptors (Lipinski definition) is 5. The monoisotopic (exact) mass is 398 g/mol. The van der Waals surface area contributed by atoms with Gasteiger partial charge >= 0.3 is 0 Å². The summed E-state index contributed by atoms with van der Waals surface area (Å²) in [5.41, 5.74) is 3.38. The van der Waals surface area contributed by atoms with Crippen LogP contribution < -0.4 is 5.32 Å². The Kier molecular flexibility index (Phi) is 15.2. The molecule has 2 aromatic rings. The summed E-state index contributed by atoms with van der Waals surface area (Å²) >= 11 is 0. The molecule has 0 heterocycles. The summed E-state index contributed by atoms with van der Waals surface area (Å²) in [5, 5.41) is 2.57. The molecule has 6 nitrogen and oxygen atoms in total. The first-order valence-corrected chi connectivity index (χ1v) is 9.28. The third kappa shape index (κ3) is 13.7. The molecule has 0 fully saturated rings. The second-order valence-electron chi connectivity index (χ2n) is 6.12. The first kappa shape index (κ1) is 25.9. The van der Waals surface area contributed by atoms with Gasteiger partial charge in [0.15, 0.2) is 0 Å². The molecule has 156 valence electrons. The molecular formula is C23H30N2O4. The van der Waals surface area contributed by atoms with Crippen LogP contribution in [0.1, 0.15) is 30.5 Å². The van der Waals surface area contributed by atoms with Crippen molar-refractivity contribution in [1.29, 1.82) is 0 Å². The second-order valence-corrected chi connectivity index (χ2v) is 6.12. The molecule has 1 atom stereocenters. The molecule has 1 N–H and O–H groups in total. The summed E-state index contributed by atoms with van der Waals surface area (Å²) in [5.74, 6) is -0.182. The molecule has 0 saturated carbocycles. The van der Waals surface area contributed by atoms with E-state index in [9.17, 15) is 14.4 Å². The van der Waals surface area contributed by atoms with Crippen molar-refractivity contribution in [3.8, 4) is 0 Å². The second kappa shape index (κ2) is 17.0. The van der Waals surface area contributed by atoms with E-state index in [0.29, 0.717) is 13.0 Å². The molecule has 2 rings (SSSR count). The van der Waals surface area contributed by atoms with Crippen LogP contribution in [-0.4, -0.2) is 38.5 Å². The van der Waals surface area contributed by atoms with Crippen LogP contribution in [0.2, 0.25) is 0 Å². The number of aliphatic imine (C=N–C) groups is 1. The van der Waals surface area contributed by atoms with Gasteiger partial charge in [0.05, 0.1) is 12.6 Å². The van der Waals surface area contributed by atoms with Gasteiger partial charge in [-0.3, -0.25) is 4.79 Å². The number of nitrogens with one attached hydrogen (secondary N) is 1. The van der Waals surface area contributed by atoms with E-state index in [0.717, 1.165) is 23.8 Å². The lowest BCUT2D eigenvalue weighted by Gasteiger charge is -2.10. The van der Waals surface area contributed by atoms with Crippen molar-refractivity contribution in [3.05, 3.63) is 71.3 Å². The van der Waals surface area contributed by atoms with Crippen LogP contribution in [0.15, 0.2) is 59.6 Å². The number of amides is 1. The summed E-state index contributed by atoms with van der Waals surface area (Å²) in [4.78, 5) is 34.7. The van der Waals surface area contributed by atoms with Gasteiger partial charge in [0.25, 0.3) is 0 Å². The van der Waals surface area contributed by atoms with Gasteiger partial charge in [0, 0.05) is 21.1 Å². The SMILES string of the molecule is CC(=O)NC(C=O)Cc1ccccc1.CCc1cccc(CN=C=O)c1.COC. The Morgan fingerprint density at radius 2 is 1.69 bits per heavy atom. The molecule has 0 aromatic heterocycles. The van der Waals surface area contributed by atoms with E-state index in [1.807, 2.05) is 42.5 Å². The first-order valence-electron chi connectivity index (χ1n) is 9.28. The van der Waals surface area contributed by atoms with Crippen molar-refractivity contribution < 1.29 is 19.1 Å². The summed E-state index contributed by atoms with van der Waals surface area (Å²) in [7, 11) is 3.25. The van der Waals surface area contributed by atoms with Crippen LogP contribution in [0.3, 0.4) is 0 Å². The highest BCUT2D eigenvalue weighted by Gasteiger charge is 2.08. The highest BCUT2D eigenvalue weighted by Crippen LogP contribution is 2.06. The summed E-state index contributed by atoms with van der Waals surface area (Å²) in [6.07, 6.45) is 3.85. The third-order valence-corrected chi connectivity index (χ3v) is 3.58. The Balaban J connectivity index is 0.000000481. The summed E-state index contributed by atoms with van der Waals surface area (Å²) < 4.78 is 4.25. The predicted molar refractivity (Wildman–Crippen MR) is 114 cm³/mol. The van der Waals surface area contributed by atoms with Gasteiger partial charge in [-0.05, 0) is 29.5 Å². The molecule has 0 aliphatic rings. The van der Waals surface area contributed by atoms with Crippen LogP contribution in [0, 0.1) is 0 Å². The van der Waals surface area contributed by atoms with Gasteiger partial charge in [0.1, 0.15) is 6.29 Å². The zero-order valence-corrected chi connectivity index (χ0v) is 17.6. The molecule has 29 heavy (non-hydrogen) atoms. The molecule has 0 saturated heterocycles. The number of carbonyl (C=O) groups is 2. The molecule has 1 amide bonds. The predicted octanol–water partition coefficient (Wildman–Crippen LogP) is 3.28. The number of isocyanates is 1. The number of carbonyl (C=O) groups excluding carboxylic acids is 3. The number of methoxy groups -OCH3 is 1. The van der Waals surface area contributed by atoms with Crippen LogP contribution in [0.5, 0.6) is 0 Å². The van der Waals surface area contributed by atoms with Crippen molar-refractivity contribution in [3.63, 3.8) is 0 Å². The third-order valence-electron chi connectivity index (χ3n) is 3.58. The largest absolute Gasteiger partial charge is 0.388 e. The zero-order chi connectivity index (χ0) is 21.9. The maximum absolute atomic E-state index is 10.7. The highest BCUT2D eigenvalue weighted by atomic mass is 16.4. The summed E-state index contributed by atoms with van der Waals surface area (Å²) in [6, 6.07) is 17.2. The molecule has 6 heteroatoms. The van der Waals surface area contributed by atoms with Gasteiger partial charge < -0.3 is 14.8 Å². The van der Waals surface area contributed by atoms with E-state index < -0.39 is 6.04 Å². The van der Waals surface area contributed by atoms with Crippen LogP contribution in [-0.2, 0) is 38.5 Å². The van der Waals surface area contributed by atoms with Crippen LogP contribution in [0.25, 0.3) is 0 Å². The van der Waals surface area contributed by atoms with Crippen molar-refractivity contribution in [1.82, 2.24) is 5.32 Å². The number of rotatable bonds is 7. The number of nitrogens with zero attached hydrogens (tertiary/aromatic N) is 1. The Hall–Kier alpha value is -3.08. The number of aryl methyl sites for hydroxylation is 1. The molecule has 1 unspecified atom stereocenters. The number of hydrogen-bond donors (Lipinski definition) is 1. The molecular weight excluding hydrogens is 368 g/mol. The molecule has 0 bridgehead atoms. The van der Waals surface area contributed by atoms with E-state index >= 15 is 0 Å². The lowest BCUT2D eigenvalue weighted by atomic mass is 10.1. The normalized spacial score (nSPS) is 10.1. The van der Waals surface area contributed by atoms with Crippen molar-refractivity contribution in [2.24, 2.45) is 4.99 Å². The Bertz CT molecular complexity index is 756. The molecule has 0 aliphatic carbocycles. The van der Waals surface area contributed by atoms with Gasteiger partial charge in [-0.2, -0.15) is 0 Å². The molecule has 0 aliphatic heterocycles. The average Bonchev–Trinajstić information content (AvgIpc) is 2.73. The lowest BCUT2D eigenvalue weighted by Crippen LogP contribution is -2.35. The van der Waals surface area contributed by atoms with Gasteiger partial charge in [-0.15, -0.1) is 0 Å². The summed E-state index contributed by atoms with van der Waals surface area (Å²) in [6.45, 7) is 3.95. The molecule has 0 spiro atoms. The van der Waals surface area contributed by atoms with Gasteiger partial charge in [-0.1, -0.05) is 61.5 Å². The van der Waals surface area contributed by atoms with E-state index in [1.54, 1.807) is 14.2 Å². The van der Waals surface area contributed by atoms with Gasteiger partial charge in [-0.25, -0.2) is 9.79 Å². The fourth-order valence-corrected chi connectivity index (χ4v) is 2.33. The minimum Gasteiger partial charge on any atom is -0.388 e. The van der Waals surface area contributed by atoms with E-state index in [4.69, 9.17) is 0 Å². The Labute approximate surface area is 173 Å². The maximum Gasteiger partial charge on any atom is 0.235 e. The number of ether oxygens (including phenoxy) is 1. The van der Waals surface area contributed by atoms with Crippen molar-refractivity contribution in [2.45, 2.75) is 39.3 Å². The first-order chi connectivity index (χ1) is 14.0. The van der Waals surface area contributed by atoms with Crippen LogP contribution >= 0.6 is 0 Å². The Morgan fingerprint density at radius 3 is 2.21 bits per heavy atom. The standard InChI is InChI=1S/C11H13NO2.C10H11NO.C2H6O/c1-9(14)12-11(8-13)7-10-5-3-2-4-6-10;1-2-9-4-3-5-10(6-9)7-11-8-12;1-3-2/h2-6,8,11H,7H2,1H3,(H,12,14);3-6H,2,7H2,1H3;1-2H3. The minimum atomic E-state index is -0.421. The topological polar surface area (TPSA) is 84.8 Å². The van der Waals surface area contributed by atoms with Crippen LogP contribution in [0.4, 0.5) is 0 Å². The van der Waals surface area contributed by atoms with Crippen molar-refractivity contribution >= 4 is 18.3 Å². The smallest absolute Gasteiger partial charge is 0.235 e. The highest BCUT2D eigenvalue weighted by molar-refractivity contribution is 5.77. The van der Waals surface area contributed by atoms with Gasteiger partial charge in [0.2, 0.25) is 12.0 Å². The zero-order valence-electron chi connectivity index (χ0n) is 17.6. The number of aldehydes is 1. The fourth-order valence-electron chi connectivity index (χ4n) is 2.33. The quantitative estimate of drug-likeness (QED) is 0.441. The average molecular weight is 399 g/mol. The minimum absolute atomic E-state index is 0.182. The molecule has 0 radical (unpaired) electrons. The fraction of sp³-hybridized carbons (Fsp3) is 0.348.